The second-order valence-corrected chi connectivity index (χ2v) is 5.35. The molecule has 0 bridgehead atoms. The number of carbonyl (C=O) groups excluding carboxylic acids is 1. The van der Waals surface area contributed by atoms with Gasteiger partial charge in [-0.25, -0.2) is 0 Å². The summed E-state index contributed by atoms with van der Waals surface area (Å²) in [6.45, 7) is 5.88. The highest BCUT2D eigenvalue weighted by Crippen LogP contribution is 2.12. The van der Waals surface area contributed by atoms with Crippen LogP contribution in [0.25, 0.3) is 0 Å². The fraction of sp³-hybridized carbons (Fsp3) is 0.533. The van der Waals surface area contributed by atoms with Gasteiger partial charge in [-0.2, -0.15) is 0 Å². The molecule has 0 aliphatic carbocycles. The SMILES string of the molecule is CC(C)N(CCC(=O)N(C)C)Cc1cccc(N)c1. The van der Waals surface area contributed by atoms with Crippen LogP contribution in [0.5, 0.6) is 0 Å². The molecule has 0 aromatic heterocycles. The van der Waals surface area contributed by atoms with Gasteiger partial charge in [0.05, 0.1) is 0 Å². The number of amides is 1. The van der Waals surface area contributed by atoms with Gasteiger partial charge in [-0.05, 0) is 31.5 Å². The normalized spacial score (nSPS) is 11.1. The Morgan fingerprint density at radius 2 is 2.00 bits per heavy atom. The quantitative estimate of drug-likeness (QED) is 0.798. The molecule has 0 heterocycles. The number of carbonyl (C=O) groups is 1. The van der Waals surface area contributed by atoms with E-state index >= 15 is 0 Å². The topological polar surface area (TPSA) is 49.6 Å². The van der Waals surface area contributed by atoms with Gasteiger partial charge in [-0.1, -0.05) is 12.1 Å². The van der Waals surface area contributed by atoms with Crippen LogP contribution in [0.4, 0.5) is 5.69 Å². The summed E-state index contributed by atoms with van der Waals surface area (Å²) in [7, 11) is 3.58. The Balaban J connectivity index is 2.61. The van der Waals surface area contributed by atoms with E-state index in [4.69, 9.17) is 5.73 Å². The van der Waals surface area contributed by atoms with Crippen molar-refractivity contribution >= 4 is 11.6 Å². The number of nitrogen functional groups attached to an aromatic ring is 1. The average Bonchev–Trinajstić information content (AvgIpc) is 2.33. The summed E-state index contributed by atoms with van der Waals surface area (Å²) >= 11 is 0. The smallest absolute Gasteiger partial charge is 0.223 e. The van der Waals surface area contributed by atoms with Crippen LogP contribution in [0.15, 0.2) is 24.3 Å². The molecule has 0 radical (unpaired) electrons. The lowest BCUT2D eigenvalue weighted by atomic mass is 10.1. The van der Waals surface area contributed by atoms with Gasteiger partial charge in [0.15, 0.2) is 0 Å². The average molecular weight is 263 g/mol. The first kappa shape index (κ1) is 15.5. The van der Waals surface area contributed by atoms with Gasteiger partial charge in [0.2, 0.25) is 5.91 Å². The number of nitrogens with two attached hydrogens (primary N) is 1. The lowest BCUT2D eigenvalue weighted by Crippen LogP contribution is -2.34. The summed E-state index contributed by atoms with van der Waals surface area (Å²) in [5.41, 5.74) is 7.76. The van der Waals surface area contributed by atoms with E-state index in [1.54, 1.807) is 19.0 Å². The summed E-state index contributed by atoms with van der Waals surface area (Å²) in [6, 6.07) is 8.31. The van der Waals surface area contributed by atoms with E-state index in [9.17, 15) is 4.79 Å². The zero-order valence-electron chi connectivity index (χ0n) is 12.4. The van der Waals surface area contributed by atoms with Crippen LogP contribution in [0.1, 0.15) is 25.8 Å². The Morgan fingerprint density at radius 1 is 1.32 bits per heavy atom. The number of anilines is 1. The molecule has 1 aromatic rings. The molecule has 1 aromatic carbocycles. The third-order valence-corrected chi connectivity index (χ3v) is 3.18. The maximum atomic E-state index is 11.7. The van der Waals surface area contributed by atoms with Crippen molar-refractivity contribution in [1.82, 2.24) is 9.80 Å². The van der Waals surface area contributed by atoms with Gasteiger partial charge in [-0.15, -0.1) is 0 Å². The first-order chi connectivity index (χ1) is 8.90. The van der Waals surface area contributed by atoms with Crippen LogP contribution >= 0.6 is 0 Å². The van der Waals surface area contributed by atoms with Crippen molar-refractivity contribution in [3.8, 4) is 0 Å². The molecule has 0 fully saturated rings. The van der Waals surface area contributed by atoms with Crippen LogP contribution in [0.2, 0.25) is 0 Å². The van der Waals surface area contributed by atoms with Crippen molar-refractivity contribution < 1.29 is 4.79 Å². The van der Waals surface area contributed by atoms with Gasteiger partial charge < -0.3 is 10.6 Å². The molecule has 1 amide bonds. The molecule has 1 rings (SSSR count). The van der Waals surface area contributed by atoms with Crippen LogP contribution in [0, 0.1) is 0 Å². The van der Waals surface area contributed by atoms with E-state index in [2.05, 4.69) is 24.8 Å². The number of hydrogen-bond acceptors (Lipinski definition) is 3. The van der Waals surface area contributed by atoms with Gasteiger partial charge in [0.1, 0.15) is 0 Å². The predicted molar refractivity (Wildman–Crippen MR) is 79.7 cm³/mol. The molecule has 106 valence electrons. The van der Waals surface area contributed by atoms with Crippen molar-refractivity contribution in [2.24, 2.45) is 0 Å². The first-order valence-electron chi connectivity index (χ1n) is 6.68. The van der Waals surface area contributed by atoms with Crippen molar-refractivity contribution in [3.05, 3.63) is 29.8 Å². The molecular formula is C15H25N3O. The Labute approximate surface area is 116 Å². The molecule has 0 unspecified atom stereocenters. The Hall–Kier alpha value is -1.55. The highest BCUT2D eigenvalue weighted by atomic mass is 16.2. The zero-order chi connectivity index (χ0) is 14.4. The van der Waals surface area contributed by atoms with Crippen molar-refractivity contribution in [2.75, 3.05) is 26.4 Å². The maximum Gasteiger partial charge on any atom is 0.223 e. The van der Waals surface area contributed by atoms with Crippen LogP contribution in [-0.4, -0.2) is 42.4 Å². The zero-order valence-corrected chi connectivity index (χ0v) is 12.4. The van der Waals surface area contributed by atoms with Crippen LogP contribution in [0.3, 0.4) is 0 Å². The molecule has 4 nitrogen and oxygen atoms in total. The van der Waals surface area contributed by atoms with E-state index in [-0.39, 0.29) is 5.91 Å². The second-order valence-electron chi connectivity index (χ2n) is 5.35. The van der Waals surface area contributed by atoms with E-state index in [1.165, 1.54) is 5.56 Å². The lowest BCUT2D eigenvalue weighted by Gasteiger charge is -2.27. The number of hydrogen-bond donors (Lipinski definition) is 1. The van der Waals surface area contributed by atoms with Crippen molar-refractivity contribution in [3.63, 3.8) is 0 Å². The minimum absolute atomic E-state index is 0.165. The largest absolute Gasteiger partial charge is 0.399 e. The molecule has 4 heteroatoms. The molecule has 0 aliphatic heterocycles. The summed E-state index contributed by atoms with van der Waals surface area (Å²) in [6.07, 6.45) is 0.549. The molecule has 0 saturated carbocycles. The summed E-state index contributed by atoms with van der Waals surface area (Å²) in [4.78, 5) is 15.6. The van der Waals surface area contributed by atoms with Crippen LogP contribution in [-0.2, 0) is 11.3 Å². The van der Waals surface area contributed by atoms with Gasteiger partial charge in [0, 0.05) is 45.3 Å². The van der Waals surface area contributed by atoms with Gasteiger partial charge in [0.25, 0.3) is 0 Å². The van der Waals surface area contributed by atoms with E-state index in [0.29, 0.717) is 12.5 Å². The highest BCUT2D eigenvalue weighted by molar-refractivity contribution is 5.75. The highest BCUT2D eigenvalue weighted by Gasteiger charge is 2.13. The minimum atomic E-state index is 0.165. The molecule has 0 atom stereocenters. The standard InChI is InChI=1S/C15H25N3O/c1-12(2)18(9-8-15(19)17(3)4)11-13-6-5-7-14(16)10-13/h5-7,10,12H,8-9,11,16H2,1-4H3. The summed E-state index contributed by atoms with van der Waals surface area (Å²) < 4.78 is 0. The molecular weight excluding hydrogens is 238 g/mol. The Kier molecular flexibility index (Phi) is 5.83. The minimum Gasteiger partial charge on any atom is -0.399 e. The van der Waals surface area contributed by atoms with Crippen LogP contribution < -0.4 is 5.73 Å². The first-order valence-corrected chi connectivity index (χ1v) is 6.68. The lowest BCUT2D eigenvalue weighted by molar-refractivity contribution is -0.129. The van der Waals surface area contributed by atoms with E-state index in [0.717, 1.165) is 18.8 Å². The molecule has 0 saturated heterocycles. The Bertz CT molecular complexity index is 416. The second kappa shape index (κ2) is 7.14. The molecule has 0 spiro atoms. The van der Waals surface area contributed by atoms with E-state index < -0.39 is 0 Å². The number of nitrogens with zero attached hydrogens (tertiary/aromatic N) is 2. The van der Waals surface area contributed by atoms with Crippen molar-refractivity contribution in [2.45, 2.75) is 32.9 Å². The molecule has 2 N–H and O–H groups in total. The predicted octanol–water partition coefficient (Wildman–Crippen LogP) is 1.96. The third kappa shape index (κ3) is 5.30. The fourth-order valence-corrected chi connectivity index (χ4v) is 1.91. The molecule has 19 heavy (non-hydrogen) atoms. The summed E-state index contributed by atoms with van der Waals surface area (Å²) in [5, 5.41) is 0. The molecule has 0 aliphatic rings. The van der Waals surface area contributed by atoms with E-state index in [1.807, 2.05) is 18.2 Å². The van der Waals surface area contributed by atoms with Gasteiger partial charge in [-0.3, -0.25) is 9.69 Å². The fourth-order valence-electron chi connectivity index (χ4n) is 1.91. The number of rotatable bonds is 6. The maximum absolute atomic E-state index is 11.7. The van der Waals surface area contributed by atoms with Crippen molar-refractivity contribution in [1.29, 1.82) is 0 Å². The van der Waals surface area contributed by atoms with Gasteiger partial charge >= 0.3 is 0 Å². The Morgan fingerprint density at radius 3 is 2.53 bits per heavy atom. The third-order valence-electron chi connectivity index (χ3n) is 3.18. The monoisotopic (exact) mass is 263 g/mol. The number of benzene rings is 1. The summed E-state index contributed by atoms with van der Waals surface area (Å²) in [5.74, 6) is 0.165.